The Morgan fingerprint density at radius 2 is 2.18 bits per heavy atom. The zero-order valence-electron chi connectivity index (χ0n) is 14.9. The van der Waals surface area contributed by atoms with Gasteiger partial charge in [-0.25, -0.2) is 19.3 Å². The molecule has 0 amide bonds. The van der Waals surface area contributed by atoms with Crippen molar-refractivity contribution < 1.29 is 22.7 Å². The lowest BCUT2D eigenvalue weighted by Gasteiger charge is -2.30. The normalized spacial score (nSPS) is 22.5. The van der Waals surface area contributed by atoms with Crippen molar-refractivity contribution in [1.82, 2.24) is 19.5 Å². The molecule has 0 saturated carbocycles. The molecule has 1 fully saturated rings. The van der Waals surface area contributed by atoms with E-state index in [1.807, 2.05) is 0 Å². The number of aromatic nitrogens is 4. The lowest BCUT2D eigenvalue weighted by molar-refractivity contribution is 0.0548. The average molecular weight is 407 g/mol. The van der Waals surface area contributed by atoms with E-state index in [0.29, 0.717) is 35.5 Å². The van der Waals surface area contributed by atoms with E-state index in [0.717, 1.165) is 0 Å². The molecule has 2 N–H and O–H groups in total. The summed E-state index contributed by atoms with van der Waals surface area (Å²) in [4.78, 5) is 12.2. The van der Waals surface area contributed by atoms with Crippen molar-refractivity contribution in [2.24, 2.45) is 0 Å². The second-order valence-electron chi connectivity index (χ2n) is 6.25. The summed E-state index contributed by atoms with van der Waals surface area (Å²) in [6, 6.07) is 6.28. The molecule has 2 aromatic heterocycles. The molecule has 28 heavy (non-hydrogen) atoms. The fourth-order valence-corrected chi connectivity index (χ4v) is 4.53. The molecule has 0 spiro atoms. The number of halogens is 1. The summed E-state index contributed by atoms with van der Waals surface area (Å²) in [7, 11) is -3.48. The van der Waals surface area contributed by atoms with E-state index < -0.39 is 19.5 Å². The van der Waals surface area contributed by atoms with Gasteiger partial charge in [-0.15, -0.1) is 0 Å². The molecular weight excluding hydrogens is 388 g/mol. The molecule has 0 bridgehead atoms. The smallest absolute Gasteiger partial charge is 0.356 e. The maximum Gasteiger partial charge on any atom is 0.356 e. The van der Waals surface area contributed by atoms with Crippen LogP contribution in [0.5, 0.6) is 0 Å². The monoisotopic (exact) mass is 407 g/mol. The van der Waals surface area contributed by atoms with Gasteiger partial charge in [0.2, 0.25) is 0 Å². The van der Waals surface area contributed by atoms with E-state index in [4.69, 9.17) is 19.5 Å². The highest BCUT2D eigenvalue weighted by atomic mass is 31.2. The summed E-state index contributed by atoms with van der Waals surface area (Å²) in [5, 5.41) is 0. The number of nitrogen functional groups attached to an aromatic ring is 1. The van der Waals surface area contributed by atoms with Crippen LogP contribution in [0, 0.1) is 5.82 Å². The SMILES string of the molecule is Nc1ncnc2c1ncn2CCOCP1(=O)OCCC(c2ccccc2F)O1. The molecule has 4 rings (SSSR count). The molecule has 2 atom stereocenters. The Balaban J connectivity index is 1.34. The highest BCUT2D eigenvalue weighted by molar-refractivity contribution is 7.53. The average Bonchev–Trinajstić information content (AvgIpc) is 3.10. The third kappa shape index (κ3) is 3.90. The van der Waals surface area contributed by atoms with Crippen LogP contribution < -0.4 is 5.73 Å². The van der Waals surface area contributed by atoms with Gasteiger partial charge in [-0.1, -0.05) is 18.2 Å². The summed E-state index contributed by atoms with van der Waals surface area (Å²) in [6.07, 6.45) is 2.53. The van der Waals surface area contributed by atoms with Gasteiger partial charge < -0.3 is 19.6 Å². The minimum atomic E-state index is -3.48. The number of hydrogen-bond donors (Lipinski definition) is 1. The van der Waals surface area contributed by atoms with Crippen molar-refractivity contribution in [2.45, 2.75) is 19.1 Å². The molecule has 1 aliphatic rings. The Hall–Kier alpha value is -2.39. The van der Waals surface area contributed by atoms with Gasteiger partial charge in [-0.2, -0.15) is 0 Å². The number of rotatable bonds is 6. The molecule has 1 saturated heterocycles. The van der Waals surface area contributed by atoms with Crippen LogP contribution in [0.3, 0.4) is 0 Å². The Kier molecular flexibility index (Phi) is 5.36. The van der Waals surface area contributed by atoms with E-state index in [1.54, 1.807) is 29.1 Å². The summed E-state index contributed by atoms with van der Waals surface area (Å²) in [5.41, 5.74) is 7.23. The minimum Gasteiger partial charge on any atom is -0.382 e. The summed E-state index contributed by atoms with van der Waals surface area (Å²) in [6.45, 7) is 0.863. The first-order valence-corrected chi connectivity index (χ1v) is 10.4. The van der Waals surface area contributed by atoms with Crippen LogP contribution >= 0.6 is 7.60 Å². The van der Waals surface area contributed by atoms with E-state index >= 15 is 0 Å². The van der Waals surface area contributed by atoms with E-state index in [1.165, 1.54) is 12.4 Å². The molecule has 1 aromatic carbocycles. The molecule has 148 valence electrons. The van der Waals surface area contributed by atoms with Crippen LogP contribution in [0.25, 0.3) is 11.2 Å². The van der Waals surface area contributed by atoms with Gasteiger partial charge in [0.15, 0.2) is 11.5 Å². The molecular formula is C17H19FN5O4P. The number of ether oxygens (including phenoxy) is 1. The number of benzene rings is 1. The predicted octanol–water partition coefficient (Wildman–Crippen LogP) is 2.89. The first-order chi connectivity index (χ1) is 13.6. The number of nitrogens with two attached hydrogens (primary N) is 1. The van der Waals surface area contributed by atoms with Crippen molar-refractivity contribution in [3.8, 4) is 0 Å². The Bertz CT molecular complexity index is 1030. The largest absolute Gasteiger partial charge is 0.382 e. The topological polar surface area (TPSA) is 114 Å². The third-order valence-corrected chi connectivity index (χ3v) is 6.01. The van der Waals surface area contributed by atoms with E-state index in [2.05, 4.69) is 15.0 Å². The predicted molar refractivity (Wildman–Crippen MR) is 99.0 cm³/mol. The lowest BCUT2D eigenvalue weighted by Crippen LogP contribution is -2.18. The van der Waals surface area contributed by atoms with Crippen LogP contribution in [-0.2, 0) is 24.9 Å². The number of hydrogen-bond acceptors (Lipinski definition) is 8. The van der Waals surface area contributed by atoms with Crippen LogP contribution in [0.15, 0.2) is 36.9 Å². The molecule has 0 aliphatic carbocycles. The van der Waals surface area contributed by atoms with Crippen molar-refractivity contribution in [3.63, 3.8) is 0 Å². The van der Waals surface area contributed by atoms with Crippen molar-refractivity contribution in [1.29, 1.82) is 0 Å². The van der Waals surface area contributed by atoms with Gasteiger partial charge in [0.05, 0.1) is 25.6 Å². The van der Waals surface area contributed by atoms with Crippen LogP contribution in [0.4, 0.5) is 10.2 Å². The Labute approximate surface area is 160 Å². The fourth-order valence-electron chi connectivity index (χ4n) is 2.99. The molecule has 3 heterocycles. The van der Waals surface area contributed by atoms with Gasteiger partial charge in [0, 0.05) is 18.5 Å². The quantitative estimate of drug-likeness (QED) is 0.490. The van der Waals surface area contributed by atoms with Crippen LogP contribution in [-0.4, -0.2) is 39.1 Å². The van der Waals surface area contributed by atoms with Gasteiger partial charge in [-0.05, 0) is 6.07 Å². The molecule has 3 aromatic rings. The van der Waals surface area contributed by atoms with Crippen molar-refractivity contribution in [3.05, 3.63) is 48.3 Å². The first-order valence-electron chi connectivity index (χ1n) is 8.71. The van der Waals surface area contributed by atoms with Crippen molar-refractivity contribution >= 4 is 24.6 Å². The maximum atomic E-state index is 14.0. The fraction of sp³-hybridized carbons (Fsp3) is 0.353. The second-order valence-corrected chi connectivity index (χ2v) is 8.20. The molecule has 1 aliphatic heterocycles. The lowest BCUT2D eigenvalue weighted by atomic mass is 10.1. The minimum absolute atomic E-state index is 0.210. The molecule has 11 heteroatoms. The van der Waals surface area contributed by atoms with Crippen molar-refractivity contribution in [2.75, 3.05) is 25.3 Å². The summed E-state index contributed by atoms with van der Waals surface area (Å²) in [5.74, 6) is -0.0904. The zero-order chi connectivity index (χ0) is 19.6. The highest BCUT2D eigenvalue weighted by Gasteiger charge is 2.35. The number of imidazole rings is 1. The van der Waals surface area contributed by atoms with E-state index in [9.17, 15) is 8.96 Å². The van der Waals surface area contributed by atoms with Crippen LogP contribution in [0.2, 0.25) is 0 Å². The second kappa shape index (κ2) is 7.92. The summed E-state index contributed by atoms with van der Waals surface area (Å²) >= 11 is 0. The van der Waals surface area contributed by atoms with Gasteiger partial charge in [-0.3, -0.25) is 9.09 Å². The third-order valence-electron chi connectivity index (χ3n) is 4.36. The summed E-state index contributed by atoms with van der Waals surface area (Å²) < 4.78 is 44.9. The number of anilines is 1. The first kappa shape index (κ1) is 18.9. The van der Waals surface area contributed by atoms with Gasteiger partial charge >= 0.3 is 7.60 Å². The molecule has 9 nitrogen and oxygen atoms in total. The Morgan fingerprint density at radius 1 is 1.32 bits per heavy atom. The molecule has 0 radical (unpaired) electrons. The van der Waals surface area contributed by atoms with Gasteiger partial charge in [0.1, 0.15) is 24.0 Å². The zero-order valence-corrected chi connectivity index (χ0v) is 15.8. The standard InChI is InChI=1S/C17H19FN5O4P/c18-13-4-2-1-3-12(13)14-5-7-26-28(24,27-14)11-25-8-6-23-10-22-15-16(19)20-9-21-17(15)23/h1-4,9-10,14H,5-8,11H2,(H2,19,20,21). The molecule has 2 unspecified atom stereocenters. The van der Waals surface area contributed by atoms with E-state index in [-0.39, 0.29) is 19.6 Å². The number of nitrogens with zero attached hydrogens (tertiary/aromatic N) is 4. The maximum absolute atomic E-state index is 14.0. The highest BCUT2D eigenvalue weighted by Crippen LogP contribution is 2.56. The Morgan fingerprint density at radius 3 is 3.04 bits per heavy atom. The van der Waals surface area contributed by atoms with Gasteiger partial charge in [0.25, 0.3) is 0 Å². The van der Waals surface area contributed by atoms with Crippen LogP contribution in [0.1, 0.15) is 18.1 Å². The number of fused-ring (bicyclic) bond motifs is 1.